The normalized spacial score (nSPS) is 11.9. The van der Waals surface area contributed by atoms with Crippen LogP contribution < -0.4 is 9.47 Å². The Hall–Kier alpha value is -2.49. The second-order valence-corrected chi connectivity index (χ2v) is 5.34. The number of hydrogen-bond acceptors (Lipinski definition) is 8. The van der Waals surface area contributed by atoms with Crippen LogP contribution in [-0.4, -0.2) is 41.3 Å². The highest BCUT2D eigenvalue weighted by atomic mass is 35.5. The highest BCUT2D eigenvalue weighted by Crippen LogP contribution is 2.35. The smallest absolute Gasteiger partial charge is 0.281 e. The molecule has 0 amide bonds. The van der Waals surface area contributed by atoms with Gasteiger partial charge in [0, 0.05) is 12.1 Å². The highest BCUT2D eigenvalue weighted by Gasteiger charge is 2.29. The third-order valence-corrected chi connectivity index (χ3v) is 3.54. The maximum atomic E-state index is 11.5. The van der Waals surface area contributed by atoms with Crippen molar-refractivity contribution in [2.24, 2.45) is 0 Å². The predicted molar refractivity (Wildman–Crippen MR) is 88.0 cm³/mol. The van der Waals surface area contributed by atoms with E-state index in [1.54, 1.807) is 0 Å². The number of ether oxygens (including phenoxy) is 3. The second kappa shape index (κ2) is 8.06. The summed E-state index contributed by atoms with van der Waals surface area (Å²) in [5.74, 6) is 0.162. The van der Waals surface area contributed by atoms with E-state index in [0.717, 1.165) is 0 Å². The molecule has 134 valence electrons. The van der Waals surface area contributed by atoms with E-state index in [0.29, 0.717) is 0 Å². The highest BCUT2D eigenvalue weighted by molar-refractivity contribution is 6.30. The minimum absolute atomic E-state index is 0.0428. The zero-order chi connectivity index (χ0) is 18.6. The van der Waals surface area contributed by atoms with Crippen LogP contribution in [0.3, 0.4) is 0 Å². The molecule has 0 bridgehead atoms. The Morgan fingerprint density at radius 3 is 2.28 bits per heavy atom. The van der Waals surface area contributed by atoms with Crippen LogP contribution in [0.4, 0.5) is 5.69 Å². The van der Waals surface area contributed by atoms with Gasteiger partial charge in [-0.1, -0.05) is 11.6 Å². The topological polar surface area (TPSA) is 117 Å². The summed E-state index contributed by atoms with van der Waals surface area (Å²) in [5.41, 5.74) is -0.145. The lowest BCUT2D eigenvalue weighted by molar-refractivity contribution is -0.387. The van der Waals surface area contributed by atoms with Crippen LogP contribution in [0.5, 0.6) is 11.8 Å². The van der Waals surface area contributed by atoms with E-state index in [1.807, 2.05) is 0 Å². The van der Waals surface area contributed by atoms with Gasteiger partial charge in [-0.25, -0.2) is 0 Å². The number of nitro benzene ring substituents is 1. The molecule has 0 radical (unpaired) electrons. The first-order chi connectivity index (χ1) is 11.9. The fourth-order valence-corrected chi connectivity index (χ4v) is 2.52. The Balaban J connectivity index is 2.62. The SMILES string of the molecule is COCc1cc(Cl)cc(C(O)c2nc(OC)cc(OC)n2)c1[N+](=O)[O-]. The summed E-state index contributed by atoms with van der Waals surface area (Å²) in [6.07, 6.45) is -1.52. The Morgan fingerprint density at radius 1 is 1.20 bits per heavy atom. The van der Waals surface area contributed by atoms with Gasteiger partial charge in [0.2, 0.25) is 11.8 Å². The lowest BCUT2D eigenvalue weighted by Crippen LogP contribution is -2.11. The van der Waals surface area contributed by atoms with Gasteiger partial charge >= 0.3 is 0 Å². The molecule has 0 spiro atoms. The molecule has 0 aliphatic heterocycles. The molecule has 1 aromatic carbocycles. The van der Waals surface area contributed by atoms with Gasteiger partial charge in [0.1, 0.15) is 6.10 Å². The van der Waals surface area contributed by atoms with E-state index in [1.165, 1.54) is 39.5 Å². The van der Waals surface area contributed by atoms with Crippen LogP contribution in [0.15, 0.2) is 18.2 Å². The molecule has 0 saturated heterocycles. The van der Waals surface area contributed by atoms with Crippen molar-refractivity contribution in [1.82, 2.24) is 9.97 Å². The molecule has 0 fully saturated rings. The average molecular weight is 370 g/mol. The molecule has 9 nitrogen and oxygen atoms in total. The molecule has 1 heterocycles. The van der Waals surface area contributed by atoms with Crippen molar-refractivity contribution in [1.29, 1.82) is 0 Å². The van der Waals surface area contributed by atoms with E-state index in [4.69, 9.17) is 25.8 Å². The molecule has 1 N–H and O–H groups in total. The minimum atomic E-state index is -1.52. The Labute approximate surface area is 148 Å². The van der Waals surface area contributed by atoms with E-state index in [-0.39, 0.29) is 46.0 Å². The van der Waals surface area contributed by atoms with E-state index in [9.17, 15) is 15.2 Å². The summed E-state index contributed by atoms with van der Waals surface area (Å²) in [6, 6.07) is 4.12. The minimum Gasteiger partial charge on any atom is -0.481 e. The standard InChI is InChI=1S/C15H16ClN3O6/c1-23-7-8-4-9(16)5-10(13(8)19(21)22)14(20)15-17-11(24-2)6-12(18-15)25-3/h4-6,14,20H,7H2,1-3H3. The summed E-state index contributed by atoms with van der Waals surface area (Å²) in [7, 11) is 4.17. The van der Waals surface area contributed by atoms with Crippen molar-refractivity contribution in [3.63, 3.8) is 0 Å². The van der Waals surface area contributed by atoms with Crippen molar-refractivity contribution in [2.75, 3.05) is 21.3 Å². The van der Waals surface area contributed by atoms with Gasteiger partial charge in [0.25, 0.3) is 5.69 Å². The van der Waals surface area contributed by atoms with Crippen LogP contribution >= 0.6 is 11.6 Å². The van der Waals surface area contributed by atoms with Gasteiger partial charge in [0.15, 0.2) is 5.82 Å². The van der Waals surface area contributed by atoms with Crippen molar-refractivity contribution in [3.05, 3.63) is 50.3 Å². The van der Waals surface area contributed by atoms with Gasteiger partial charge in [-0.15, -0.1) is 0 Å². The fraction of sp³-hybridized carbons (Fsp3) is 0.333. The third kappa shape index (κ3) is 4.13. The number of aromatic nitrogens is 2. The molecular weight excluding hydrogens is 354 g/mol. The molecule has 1 aromatic heterocycles. The average Bonchev–Trinajstić information content (AvgIpc) is 2.59. The van der Waals surface area contributed by atoms with E-state index in [2.05, 4.69) is 9.97 Å². The molecule has 0 aliphatic rings. The third-order valence-electron chi connectivity index (χ3n) is 3.32. The second-order valence-electron chi connectivity index (χ2n) is 4.91. The molecule has 1 atom stereocenters. The van der Waals surface area contributed by atoms with Crippen molar-refractivity contribution >= 4 is 17.3 Å². The summed E-state index contributed by atoms with van der Waals surface area (Å²) in [4.78, 5) is 18.9. The number of nitro groups is 1. The number of hydrogen-bond donors (Lipinski definition) is 1. The van der Waals surface area contributed by atoms with Crippen molar-refractivity contribution in [2.45, 2.75) is 12.7 Å². The van der Waals surface area contributed by atoms with Crippen molar-refractivity contribution < 1.29 is 24.2 Å². The Bertz CT molecular complexity index is 764. The number of aliphatic hydroxyl groups excluding tert-OH is 1. The molecule has 25 heavy (non-hydrogen) atoms. The lowest BCUT2D eigenvalue weighted by atomic mass is 10.0. The van der Waals surface area contributed by atoms with Crippen LogP contribution in [0, 0.1) is 10.1 Å². The zero-order valence-corrected chi connectivity index (χ0v) is 14.5. The van der Waals surface area contributed by atoms with Gasteiger partial charge in [-0.05, 0) is 12.1 Å². The first-order valence-corrected chi connectivity index (χ1v) is 7.39. The molecule has 2 rings (SSSR count). The molecular formula is C15H16ClN3O6. The molecule has 0 saturated carbocycles. The van der Waals surface area contributed by atoms with Crippen LogP contribution in [0.2, 0.25) is 5.02 Å². The summed E-state index contributed by atoms with van der Waals surface area (Å²) < 4.78 is 15.0. The van der Waals surface area contributed by atoms with Gasteiger partial charge in [-0.3, -0.25) is 10.1 Å². The first kappa shape index (κ1) is 18.8. The Kier molecular flexibility index (Phi) is 6.07. The zero-order valence-electron chi connectivity index (χ0n) is 13.7. The van der Waals surface area contributed by atoms with Gasteiger partial charge < -0.3 is 19.3 Å². The number of benzene rings is 1. The monoisotopic (exact) mass is 369 g/mol. The number of methoxy groups -OCH3 is 3. The van der Waals surface area contributed by atoms with Crippen molar-refractivity contribution in [3.8, 4) is 11.8 Å². The number of nitrogens with zero attached hydrogens (tertiary/aromatic N) is 3. The molecule has 10 heteroatoms. The molecule has 1 unspecified atom stereocenters. The van der Waals surface area contributed by atoms with E-state index < -0.39 is 11.0 Å². The quantitative estimate of drug-likeness (QED) is 0.583. The maximum absolute atomic E-state index is 11.5. The molecule has 2 aromatic rings. The number of aliphatic hydroxyl groups is 1. The summed E-state index contributed by atoms with van der Waals surface area (Å²) in [6.45, 7) is -0.0428. The maximum Gasteiger partial charge on any atom is 0.281 e. The van der Waals surface area contributed by atoms with Gasteiger partial charge in [-0.2, -0.15) is 9.97 Å². The number of halogens is 1. The van der Waals surface area contributed by atoms with Crippen LogP contribution in [-0.2, 0) is 11.3 Å². The molecule has 0 aliphatic carbocycles. The number of rotatable bonds is 7. The van der Waals surface area contributed by atoms with Gasteiger partial charge in [0.05, 0.1) is 42.9 Å². The predicted octanol–water partition coefficient (Wildman–Crippen LogP) is 2.28. The summed E-state index contributed by atoms with van der Waals surface area (Å²) in [5, 5.41) is 22.4. The summed E-state index contributed by atoms with van der Waals surface area (Å²) >= 11 is 6.03. The lowest BCUT2D eigenvalue weighted by Gasteiger charge is -2.14. The first-order valence-electron chi connectivity index (χ1n) is 7.01. The van der Waals surface area contributed by atoms with Crippen LogP contribution in [0.1, 0.15) is 23.1 Å². The van der Waals surface area contributed by atoms with Crippen LogP contribution in [0.25, 0.3) is 0 Å². The van der Waals surface area contributed by atoms with E-state index >= 15 is 0 Å². The fourth-order valence-electron chi connectivity index (χ4n) is 2.27. The Morgan fingerprint density at radius 2 is 1.80 bits per heavy atom. The largest absolute Gasteiger partial charge is 0.481 e.